The largest absolute Gasteiger partial charge is 0.485 e. The second-order valence-electron chi connectivity index (χ2n) is 3.41. The summed E-state index contributed by atoms with van der Waals surface area (Å²) in [7, 11) is 0. The first-order valence-electron chi connectivity index (χ1n) is 4.55. The van der Waals surface area contributed by atoms with Crippen LogP contribution in [0.15, 0.2) is 12.1 Å². The summed E-state index contributed by atoms with van der Waals surface area (Å²) in [6, 6.07) is 2.92. The van der Waals surface area contributed by atoms with E-state index in [0.29, 0.717) is 18.0 Å². The van der Waals surface area contributed by atoms with Crippen LogP contribution >= 0.6 is 0 Å². The third-order valence-corrected chi connectivity index (χ3v) is 2.15. The molecule has 15 heavy (non-hydrogen) atoms. The Balaban J connectivity index is 2.55. The van der Waals surface area contributed by atoms with E-state index in [2.05, 4.69) is 0 Å². The zero-order valence-corrected chi connectivity index (χ0v) is 8.19. The van der Waals surface area contributed by atoms with E-state index in [4.69, 9.17) is 20.3 Å². The van der Waals surface area contributed by atoms with Gasteiger partial charge in [0.05, 0.1) is 5.69 Å². The van der Waals surface area contributed by atoms with Gasteiger partial charge in [-0.2, -0.15) is 0 Å². The summed E-state index contributed by atoms with van der Waals surface area (Å²) in [5, 5.41) is 8.92. The topological polar surface area (TPSA) is 81.8 Å². The maximum atomic E-state index is 10.9. The molecule has 5 heteroatoms. The molecule has 5 nitrogen and oxygen atoms in total. The van der Waals surface area contributed by atoms with Crippen molar-refractivity contribution in [3.63, 3.8) is 0 Å². The first kappa shape index (κ1) is 9.64. The van der Waals surface area contributed by atoms with E-state index in [9.17, 15) is 4.79 Å². The van der Waals surface area contributed by atoms with Crippen LogP contribution in [-0.4, -0.2) is 23.8 Å². The number of aromatic carboxylic acids is 1. The zero-order valence-electron chi connectivity index (χ0n) is 8.19. The normalized spacial score (nSPS) is 18.6. The van der Waals surface area contributed by atoms with Crippen LogP contribution in [0.2, 0.25) is 0 Å². The Bertz CT molecular complexity index is 416. The molecule has 1 aromatic rings. The Morgan fingerprint density at radius 1 is 1.53 bits per heavy atom. The Morgan fingerprint density at radius 2 is 2.27 bits per heavy atom. The smallest absolute Gasteiger partial charge is 0.339 e. The number of nitrogens with two attached hydrogens (primary N) is 1. The number of carbonyl (C=O) groups is 1. The second-order valence-corrected chi connectivity index (χ2v) is 3.41. The second kappa shape index (κ2) is 3.34. The van der Waals surface area contributed by atoms with Crippen molar-refractivity contribution in [3.8, 4) is 11.5 Å². The van der Waals surface area contributed by atoms with Gasteiger partial charge in [0.15, 0.2) is 11.5 Å². The van der Waals surface area contributed by atoms with Crippen molar-refractivity contribution in [2.75, 3.05) is 12.3 Å². The summed E-state index contributed by atoms with van der Waals surface area (Å²) in [5.74, 6) is -0.501. The summed E-state index contributed by atoms with van der Waals surface area (Å²) in [6.07, 6.45) is -0.121. The van der Waals surface area contributed by atoms with E-state index in [1.165, 1.54) is 12.1 Å². The maximum Gasteiger partial charge on any atom is 0.339 e. The fourth-order valence-electron chi connectivity index (χ4n) is 1.45. The number of ether oxygens (including phenoxy) is 2. The number of nitrogen functional groups attached to an aromatic ring is 1. The van der Waals surface area contributed by atoms with E-state index in [1.807, 2.05) is 6.92 Å². The van der Waals surface area contributed by atoms with E-state index in [-0.39, 0.29) is 17.4 Å². The van der Waals surface area contributed by atoms with Crippen molar-refractivity contribution >= 4 is 11.7 Å². The average molecular weight is 209 g/mol. The SMILES string of the molecule is CC1COc2c(C(=O)O)ccc(N)c2O1. The van der Waals surface area contributed by atoms with Crippen LogP contribution in [0, 0.1) is 0 Å². The first-order chi connectivity index (χ1) is 7.09. The molecule has 0 radical (unpaired) electrons. The lowest BCUT2D eigenvalue weighted by Crippen LogP contribution is -2.27. The number of benzene rings is 1. The van der Waals surface area contributed by atoms with Crippen molar-refractivity contribution in [1.82, 2.24) is 0 Å². The van der Waals surface area contributed by atoms with Gasteiger partial charge in [-0.15, -0.1) is 0 Å². The molecule has 0 amide bonds. The molecule has 1 aliphatic rings. The Kier molecular flexibility index (Phi) is 2.15. The van der Waals surface area contributed by atoms with Gasteiger partial charge >= 0.3 is 5.97 Å². The molecule has 0 saturated heterocycles. The van der Waals surface area contributed by atoms with Crippen LogP contribution in [-0.2, 0) is 0 Å². The Morgan fingerprint density at radius 3 is 2.93 bits per heavy atom. The molecule has 0 aromatic heterocycles. The van der Waals surface area contributed by atoms with Gasteiger partial charge in [-0.05, 0) is 19.1 Å². The fraction of sp³-hybridized carbons (Fsp3) is 0.300. The molecule has 1 aromatic carbocycles. The number of rotatable bonds is 1. The van der Waals surface area contributed by atoms with Crippen molar-refractivity contribution in [1.29, 1.82) is 0 Å². The molecular weight excluding hydrogens is 198 g/mol. The molecule has 1 atom stereocenters. The van der Waals surface area contributed by atoms with Gasteiger partial charge in [-0.3, -0.25) is 0 Å². The summed E-state index contributed by atoms with van der Waals surface area (Å²) < 4.78 is 10.8. The van der Waals surface area contributed by atoms with Crippen LogP contribution in [0.5, 0.6) is 11.5 Å². The molecule has 0 fully saturated rings. The zero-order chi connectivity index (χ0) is 11.0. The molecule has 0 spiro atoms. The van der Waals surface area contributed by atoms with Crippen molar-refractivity contribution in [3.05, 3.63) is 17.7 Å². The number of carboxylic acids is 1. The van der Waals surface area contributed by atoms with Crippen LogP contribution in [0.25, 0.3) is 0 Å². The lowest BCUT2D eigenvalue weighted by molar-refractivity contribution is 0.0671. The van der Waals surface area contributed by atoms with E-state index in [1.54, 1.807) is 0 Å². The molecular formula is C10H11NO4. The third-order valence-electron chi connectivity index (χ3n) is 2.15. The van der Waals surface area contributed by atoms with Crippen LogP contribution in [0.1, 0.15) is 17.3 Å². The quantitative estimate of drug-likeness (QED) is 0.677. The van der Waals surface area contributed by atoms with Gasteiger partial charge < -0.3 is 20.3 Å². The Hall–Kier alpha value is -1.91. The minimum atomic E-state index is -1.05. The number of hydrogen-bond acceptors (Lipinski definition) is 4. The highest BCUT2D eigenvalue weighted by molar-refractivity contribution is 5.93. The Labute approximate surface area is 86.4 Å². The standard InChI is InChI=1S/C10H11NO4/c1-5-4-14-8-6(10(12)13)2-3-7(11)9(8)15-5/h2-3,5H,4,11H2,1H3,(H,12,13). The third kappa shape index (κ3) is 1.56. The van der Waals surface area contributed by atoms with E-state index < -0.39 is 5.97 Å². The van der Waals surface area contributed by atoms with E-state index >= 15 is 0 Å². The summed E-state index contributed by atoms with van der Waals surface area (Å²) in [4.78, 5) is 10.9. The van der Waals surface area contributed by atoms with Crippen LogP contribution in [0.4, 0.5) is 5.69 Å². The lowest BCUT2D eigenvalue weighted by Gasteiger charge is -2.25. The van der Waals surface area contributed by atoms with Gasteiger partial charge in [-0.25, -0.2) is 4.79 Å². The maximum absolute atomic E-state index is 10.9. The van der Waals surface area contributed by atoms with Gasteiger partial charge in [0.25, 0.3) is 0 Å². The summed E-state index contributed by atoms with van der Waals surface area (Å²) in [5.41, 5.74) is 6.14. The predicted molar refractivity (Wildman–Crippen MR) is 53.4 cm³/mol. The van der Waals surface area contributed by atoms with Crippen molar-refractivity contribution in [2.45, 2.75) is 13.0 Å². The monoisotopic (exact) mass is 209 g/mol. The van der Waals surface area contributed by atoms with Gasteiger partial charge in [-0.1, -0.05) is 0 Å². The highest BCUT2D eigenvalue weighted by Crippen LogP contribution is 2.40. The van der Waals surface area contributed by atoms with Gasteiger partial charge in [0.1, 0.15) is 18.3 Å². The number of carboxylic acid groups (broad SMARTS) is 1. The first-order valence-corrected chi connectivity index (χ1v) is 4.55. The molecule has 0 bridgehead atoms. The number of fused-ring (bicyclic) bond motifs is 1. The number of hydrogen-bond donors (Lipinski definition) is 2. The number of anilines is 1. The van der Waals surface area contributed by atoms with Gasteiger partial charge in [0.2, 0.25) is 0 Å². The molecule has 3 N–H and O–H groups in total. The summed E-state index contributed by atoms with van der Waals surface area (Å²) in [6.45, 7) is 2.16. The highest BCUT2D eigenvalue weighted by Gasteiger charge is 2.25. The molecule has 1 aliphatic heterocycles. The minimum absolute atomic E-state index is 0.0751. The average Bonchev–Trinajstić information content (AvgIpc) is 2.19. The minimum Gasteiger partial charge on any atom is -0.485 e. The summed E-state index contributed by atoms with van der Waals surface area (Å²) >= 11 is 0. The molecule has 2 rings (SSSR count). The molecule has 1 unspecified atom stereocenters. The molecule has 0 aliphatic carbocycles. The predicted octanol–water partition coefficient (Wildman–Crippen LogP) is 1.13. The molecule has 0 saturated carbocycles. The van der Waals surface area contributed by atoms with Crippen LogP contribution in [0.3, 0.4) is 0 Å². The fourth-order valence-corrected chi connectivity index (χ4v) is 1.45. The van der Waals surface area contributed by atoms with Gasteiger partial charge in [0, 0.05) is 0 Å². The van der Waals surface area contributed by atoms with Crippen molar-refractivity contribution < 1.29 is 19.4 Å². The molecule has 1 heterocycles. The van der Waals surface area contributed by atoms with Crippen molar-refractivity contribution in [2.24, 2.45) is 0 Å². The lowest BCUT2D eigenvalue weighted by atomic mass is 10.1. The van der Waals surface area contributed by atoms with E-state index in [0.717, 1.165) is 0 Å². The highest BCUT2D eigenvalue weighted by atomic mass is 16.6. The van der Waals surface area contributed by atoms with Crippen LogP contribution < -0.4 is 15.2 Å². The molecule has 80 valence electrons.